The van der Waals surface area contributed by atoms with Gasteiger partial charge in [0, 0.05) is 40.8 Å². The zero-order valence-corrected chi connectivity index (χ0v) is 26.1. The Morgan fingerprint density at radius 3 is 2.53 bits per heavy atom. The molecule has 0 aliphatic carbocycles. The molecule has 1 amide bonds. The maximum Gasteiger partial charge on any atom is 0.410 e. The summed E-state index contributed by atoms with van der Waals surface area (Å²) in [7, 11) is 0. The molecule has 0 radical (unpaired) electrons. The molecular formula is C33H34BrN5O4. The molecule has 0 spiro atoms. The van der Waals surface area contributed by atoms with Crippen molar-refractivity contribution in [3.05, 3.63) is 93.6 Å². The summed E-state index contributed by atoms with van der Waals surface area (Å²) in [5.74, 6) is 1.55. The number of carbonyl (C=O) groups is 1. The average Bonchev–Trinajstić information content (AvgIpc) is 3.35. The number of amides is 1. The van der Waals surface area contributed by atoms with Crippen molar-refractivity contribution in [1.29, 1.82) is 0 Å². The second-order valence-corrected chi connectivity index (χ2v) is 12.9. The van der Waals surface area contributed by atoms with Gasteiger partial charge in [0.05, 0.1) is 31.1 Å². The van der Waals surface area contributed by atoms with Crippen molar-refractivity contribution < 1.29 is 14.3 Å². The van der Waals surface area contributed by atoms with Crippen LogP contribution in [0.15, 0.2) is 82.5 Å². The zero-order chi connectivity index (χ0) is 30.1. The fraction of sp³-hybridized carbons (Fsp3) is 0.333. The number of nitrogens with zero attached hydrogens (tertiary/aromatic N) is 5. The van der Waals surface area contributed by atoms with E-state index in [2.05, 4.69) is 32.0 Å². The van der Waals surface area contributed by atoms with Gasteiger partial charge < -0.3 is 18.8 Å². The Kier molecular flexibility index (Phi) is 7.96. The van der Waals surface area contributed by atoms with Gasteiger partial charge in [-0.15, -0.1) is 0 Å². The number of benzene rings is 2. The highest BCUT2D eigenvalue weighted by Crippen LogP contribution is 2.25. The topological polar surface area (TPSA) is 91.0 Å². The van der Waals surface area contributed by atoms with E-state index in [4.69, 9.17) is 9.47 Å². The van der Waals surface area contributed by atoms with Crippen molar-refractivity contribution in [1.82, 2.24) is 23.8 Å². The van der Waals surface area contributed by atoms with Crippen LogP contribution in [0.1, 0.15) is 39.2 Å². The molecule has 43 heavy (non-hydrogen) atoms. The van der Waals surface area contributed by atoms with Gasteiger partial charge in [-0.1, -0.05) is 40.2 Å². The third-order valence-corrected chi connectivity index (χ3v) is 8.09. The van der Waals surface area contributed by atoms with Crippen LogP contribution in [0, 0.1) is 5.92 Å². The molecule has 3 aromatic heterocycles. The molecule has 0 unspecified atom stereocenters. The van der Waals surface area contributed by atoms with Crippen molar-refractivity contribution >= 4 is 38.6 Å². The molecule has 1 saturated heterocycles. The second kappa shape index (κ2) is 11.8. The first kappa shape index (κ1) is 28.9. The van der Waals surface area contributed by atoms with E-state index in [1.165, 1.54) is 0 Å². The Hall–Kier alpha value is -4.18. The summed E-state index contributed by atoms with van der Waals surface area (Å²) < 4.78 is 16.3. The van der Waals surface area contributed by atoms with Crippen LogP contribution in [-0.2, 0) is 11.3 Å². The van der Waals surface area contributed by atoms with E-state index in [0.717, 1.165) is 45.0 Å². The normalized spacial score (nSPS) is 14.4. The monoisotopic (exact) mass is 643 g/mol. The molecule has 10 heteroatoms. The second-order valence-electron chi connectivity index (χ2n) is 12.0. The minimum atomic E-state index is -0.491. The molecule has 0 saturated carbocycles. The van der Waals surface area contributed by atoms with Gasteiger partial charge in [-0.3, -0.25) is 9.36 Å². The standard InChI is InChI=1S/C33H34BrN5O4/c1-33(2,3)43-32(41)37-12-9-22(10-13-37)21-42-27-18-35-31(36-19-27)25-6-4-5-23(15-25)20-39-29-16-24-7-8-26(34)17-28(24)38(29)14-11-30(39)40/h4-8,11,14-19,22H,9-10,12-13,20-21H2,1-3H3. The molecule has 9 nitrogen and oxygen atoms in total. The number of likely N-dealkylation sites (tertiary alicyclic amines) is 1. The molecular weight excluding hydrogens is 610 g/mol. The van der Waals surface area contributed by atoms with Crippen LogP contribution in [0.3, 0.4) is 0 Å². The molecule has 0 atom stereocenters. The summed E-state index contributed by atoms with van der Waals surface area (Å²) in [6.45, 7) is 7.93. The number of carbonyl (C=O) groups excluding carboxylic acids is 1. The molecule has 1 aliphatic rings. The summed E-state index contributed by atoms with van der Waals surface area (Å²) in [4.78, 5) is 36.1. The molecule has 5 aromatic rings. The van der Waals surface area contributed by atoms with Crippen LogP contribution in [-0.4, -0.2) is 55.2 Å². The summed E-state index contributed by atoms with van der Waals surface area (Å²) in [6, 6.07) is 17.7. The van der Waals surface area contributed by atoms with Gasteiger partial charge in [0.15, 0.2) is 11.6 Å². The van der Waals surface area contributed by atoms with Crippen LogP contribution in [0.5, 0.6) is 5.75 Å². The molecule has 2 aromatic carbocycles. The lowest BCUT2D eigenvalue weighted by Crippen LogP contribution is -2.42. The molecule has 1 fully saturated rings. The van der Waals surface area contributed by atoms with Crippen LogP contribution >= 0.6 is 15.9 Å². The predicted molar refractivity (Wildman–Crippen MR) is 169 cm³/mol. The lowest BCUT2D eigenvalue weighted by molar-refractivity contribution is 0.0165. The molecule has 222 valence electrons. The Bertz CT molecular complexity index is 1830. The number of fused-ring (bicyclic) bond motifs is 3. The van der Waals surface area contributed by atoms with Crippen LogP contribution in [0.25, 0.3) is 27.9 Å². The van der Waals surface area contributed by atoms with Gasteiger partial charge in [-0.05, 0) is 69.4 Å². The highest BCUT2D eigenvalue weighted by molar-refractivity contribution is 9.10. The SMILES string of the molecule is CC(C)(C)OC(=O)N1CCC(COc2cnc(-c3cccc(Cn4c(=O)ccn5c6cc(Br)ccc6cc45)c3)nc2)CC1. The van der Waals surface area contributed by atoms with Gasteiger partial charge in [0.1, 0.15) is 11.2 Å². The van der Waals surface area contributed by atoms with E-state index in [9.17, 15) is 9.59 Å². The largest absolute Gasteiger partial charge is 0.490 e. The number of hydrogen-bond acceptors (Lipinski definition) is 6. The van der Waals surface area contributed by atoms with Crippen molar-refractivity contribution in [2.45, 2.75) is 45.8 Å². The van der Waals surface area contributed by atoms with Crippen LogP contribution < -0.4 is 10.3 Å². The Labute approximate surface area is 258 Å². The Morgan fingerprint density at radius 2 is 1.79 bits per heavy atom. The maximum atomic E-state index is 12.9. The first-order chi connectivity index (χ1) is 20.6. The van der Waals surface area contributed by atoms with Crippen LogP contribution in [0.2, 0.25) is 0 Å². The molecule has 6 rings (SSSR count). The lowest BCUT2D eigenvalue weighted by atomic mass is 9.98. The summed E-state index contributed by atoms with van der Waals surface area (Å²) in [6.07, 6.45) is 6.68. The zero-order valence-electron chi connectivity index (χ0n) is 24.5. The van der Waals surface area contributed by atoms with E-state index in [1.807, 2.05) is 73.8 Å². The summed E-state index contributed by atoms with van der Waals surface area (Å²) in [5, 5.41) is 1.07. The minimum absolute atomic E-state index is 0.0620. The number of hydrogen-bond donors (Lipinski definition) is 0. The van der Waals surface area contributed by atoms with E-state index >= 15 is 0 Å². The molecule has 0 N–H and O–H groups in total. The number of piperidine rings is 1. The van der Waals surface area contributed by atoms with Crippen molar-refractivity contribution in [3.63, 3.8) is 0 Å². The highest BCUT2D eigenvalue weighted by atomic mass is 79.9. The highest BCUT2D eigenvalue weighted by Gasteiger charge is 2.27. The van der Waals surface area contributed by atoms with Gasteiger partial charge in [-0.25, -0.2) is 14.8 Å². The Balaban J connectivity index is 1.10. The van der Waals surface area contributed by atoms with Crippen molar-refractivity contribution in [3.8, 4) is 17.1 Å². The van der Waals surface area contributed by atoms with Gasteiger partial charge in [0.25, 0.3) is 5.56 Å². The predicted octanol–water partition coefficient (Wildman–Crippen LogP) is 6.55. The summed E-state index contributed by atoms with van der Waals surface area (Å²) in [5.41, 5.74) is 3.15. The van der Waals surface area contributed by atoms with Gasteiger partial charge >= 0.3 is 6.09 Å². The third-order valence-electron chi connectivity index (χ3n) is 7.60. The molecule has 1 aliphatic heterocycles. The summed E-state index contributed by atoms with van der Waals surface area (Å²) >= 11 is 3.55. The lowest BCUT2D eigenvalue weighted by Gasteiger charge is -2.33. The van der Waals surface area contributed by atoms with Gasteiger partial charge in [0.2, 0.25) is 0 Å². The van der Waals surface area contributed by atoms with Crippen molar-refractivity contribution in [2.75, 3.05) is 19.7 Å². The van der Waals surface area contributed by atoms with Crippen LogP contribution in [0.4, 0.5) is 4.79 Å². The minimum Gasteiger partial charge on any atom is -0.490 e. The Morgan fingerprint density at radius 1 is 1.02 bits per heavy atom. The fourth-order valence-electron chi connectivity index (χ4n) is 5.40. The maximum absolute atomic E-state index is 12.9. The number of rotatable bonds is 6. The van der Waals surface area contributed by atoms with E-state index in [1.54, 1.807) is 27.9 Å². The smallest absolute Gasteiger partial charge is 0.410 e. The van der Waals surface area contributed by atoms with E-state index in [-0.39, 0.29) is 11.7 Å². The quantitative estimate of drug-likeness (QED) is 0.208. The van der Waals surface area contributed by atoms with E-state index in [0.29, 0.717) is 43.7 Å². The number of halogens is 1. The molecule has 4 heterocycles. The van der Waals surface area contributed by atoms with Crippen molar-refractivity contribution in [2.24, 2.45) is 5.92 Å². The third kappa shape index (κ3) is 6.59. The van der Waals surface area contributed by atoms with E-state index < -0.39 is 5.60 Å². The number of ether oxygens (including phenoxy) is 2. The first-order valence-electron chi connectivity index (χ1n) is 14.5. The first-order valence-corrected chi connectivity index (χ1v) is 15.2. The van der Waals surface area contributed by atoms with Gasteiger partial charge in [-0.2, -0.15) is 0 Å². The molecule has 0 bridgehead atoms. The average molecular weight is 645 g/mol. The fourth-order valence-corrected chi connectivity index (χ4v) is 5.75. The number of aromatic nitrogens is 4.